The SMILES string of the molecule is Cc1cc(C(=O)NO)c(C)nn1. The highest BCUT2D eigenvalue weighted by Gasteiger charge is 2.08. The van der Waals surface area contributed by atoms with Gasteiger partial charge in [0.2, 0.25) is 0 Å². The first kappa shape index (κ1) is 8.61. The molecule has 0 radical (unpaired) electrons. The first-order valence-corrected chi connectivity index (χ1v) is 3.40. The second kappa shape index (κ2) is 3.27. The van der Waals surface area contributed by atoms with Crippen molar-refractivity contribution in [1.29, 1.82) is 0 Å². The Morgan fingerprint density at radius 2 is 2.17 bits per heavy atom. The molecular formula is C7H9N3O2. The van der Waals surface area contributed by atoms with Crippen LogP contribution in [0, 0.1) is 13.8 Å². The van der Waals surface area contributed by atoms with Crippen molar-refractivity contribution in [3.05, 3.63) is 23.0 Å². The van der Waals surface area contributed by atoms with Gasteiger partial charge in [-0.25, -0.2) is 5.48 Å². The van der Waals surface area contributed by atoms with Crippen molar-refractivity contribution in [3.63, 3.8) is 0 Å². The standard InChI is InChI=1S/C7H9N3O2/c1-4-3-6(7(11)10-12)5(2)9-8-4/h3,12H,1-2H3,(H,10,11). The normalized spacial score (nSPS) is 9.58. The molecule has 0 atom stereocenters. The molecular weight excluding hydrogens is 158 g/mol. The molecule has 0 aliphatic rings. The van der Waals surface area contributed by atoms with Gasteiger partial charge >= 0.3 is 0 Å². The van der Waals surface area contributed by atoms with Gasteiger partial charge in [0.25, 0.3) is 5.91 Å². The molecule has 2 N–H and O–H groups in total. The molecule has 0 aliphatic carbocycles. The average molecular weight is 167 g/mol. The largest absolute Gasteiger partial charge is 0.288 e. The molecule has 1 aromatic heterocycles. The van der Waals surface area contributed by atoms with Crippen LogP contribution in [-0.4, -0.2) is 21.3 Å². The number of hydrogen-bond acceptors (Lipinski definition) is 4. The minimum Gasteiger partial charge on any atom is -0.288 e. The number of aromatic nitrogens is 2. The molecule has 5 nitrogen and oxygen atoms in total. The zero-order valence-corrected chi connectivity index (χ0v) is 6.83. The number of rotatable bonds is 1. The molecule has 0 aromatic carbocycles. The summed E-state index contributed by atoms with van der Waals surface area (Å²) in [6.45, 7) is 3.37. The third-order valence-electron chi connectivity index (χ3n) is 1.45. The maximum absolute atomic E-state index is 11.0. The van der Waals surface area contributed by atoms with Crippen LogP contribution >= 0.6 is 0 Å². The lowest BCUT2D eigenvalue weighted by molar-refractivity contribution is 0.0705. The van der Waals surface area contributed by atoms with E-state index >= 15 is 0 Å². The Balaban J connectivity index is 3.13. The van der Waals surface area contributed by atoms with Gasteiger partial charge in [-0.1, -0.05) is 0 Å². The molecule has 1 amide bonds. The molecule has 1 aromatic rings. The van der Waals surface area contributed by atoms with Gasteiger partial charge in [0.05, 0.1) is 17.0 Å². The Kier molecular flexibility index (Phi) is 2.35. The quantitative estimate of drug-likeness (QED) is 0.463. The van der Waals surface area contributed by atoms with E-state index in [9.17, 15) is 4.79 Å². The van der Waals surface area contributed by atoms with E-state index in [-0.39, 0.29) is 0 Å². The lowest BCUT2D eigenvalue weighted by atomic mass is 10.2. The highest BCUT2D eigenvalue weighted by Crippen LogP contribution is 2.03. The molecule has 0 saturated heterocycles. The molecule has 1 heterocycles. The van der Waals surface area contributed by atoms with Gasteiger partial charge in [-0.05, 0) is 19.9 Å². The summed E-state index contributed by atoms with van der Waals surface area (Å²) in [6, 6.07) is 1.56. The van der Waals surface area contributed by atoms with Gasteiger partial charge < -0.3 is 0 Å². The van der Waals surface area contributed by atoms with E-state index in [2.05, 4.69) is 10.2 Å². The van der Waals surface area contributed by atoms with Crippen LogP contribution in [0.2, 0.25) is 0 Å². The van der Waals surface area contributed by atoms with Gasteiger partial charge in [0.15, 0.2) is 0 Å². The monoisotopic (exact) mass is 167 g/mol. The second-order valence-corrected chi connectivity index (χ2v) is 2.43. The van der Waals surface area contributed by atoms with Gasteiger partial charge in [-0.15, -0.1) is 0 Å². The fourth-order valence-corrected chi connectivity index (χ4v) is 0.840. The number of nitrogens with zero attached hydrogens (tertiary/aromatic N) is 2. The summed E-state index contributed by atoms with van der Waals surface area (Å²) in [5, 5.41) is 15.8. The third kappa shape index (κ3) is 1.57. The van der Waals surface area contributed by atoms with Crippen molar-refractivity contribution < 1.29 is 10.0 Å². The molecule has 0 saturated carbocycles. The number of amides is 1. The van der Waals surface area contributed by atoms with Crippen molar-refractivity contribution in [1.82, 2.24) is 15.7 Å². The van der Waals surface area contributed by atoms with Crippen LogP contribution in [0.15, 0.2) is 6.07 Å². The Morgan fingerprint density at radius 3 is 2.75 bits per heavy atom. The van der Waals surface area contributed by atoms with Crippen LogP contribution < -0.4 is 5.48 Å². The second-order valence-electron chi connectivity index (χ2n) is 2.43. The van der Waals surface area contributed by atoms with Gasteiger partial charge in [0.1, 0.15) is 0 Å². The first-order valence-electron chi connectivity index (χ1n) is 3.40. The van der Waals surface area contributed by atoms with E-state index in [0.29, 0.717) is 17.0 Å². The zero-order valence-electron chi connectivity index (χ0n) is 6.83. The molecule has 0 fully saturated rings. The number of aryl methyl sites for hydroxylation is 2. The number of carbonyl (C=O) groups is 1. The molecule has 0 aliphatic heterocycles. The van der Waals surface area contributed by atoms with Crippen LogP contribution in [0.4, 0.5) is 0 Å². The number of hydrogen-bond donors (Lipinski definition) is 2. The predicted molar refractivity (Wildman–Crippen MR) is 40.8 cm³/mol. The van der Waals surface area contributed by atoms with E-state index in [1.54, 1.807) is 25.4 Å². The van der Waals surface area contributed by atoms with Crippen LogP contribution in [0.1, 0.15) is 21.7 Å². The summed E-state index contributed by atoms with van der Waals surface area (Å²) in [5.74, 6) is -0.564. The van der Waals surface area contributed by atoms with E-state index in [1.165, 1.54) is 0 Å². The Hall–Kier alpha value is -1.49. The maximum atomic E-state index is 11.0. The minimum absolute atomic E-state index is 0.338. The highest BCUT2D eigenvalue weighted by molar-refractivity contribution is 5.94. The number of nitrogens with one attached hydrogen (secondary N) is 1. The molecule has 12 heavy (non-hydrogen) atoms. The molecule has 0 spiro atoms. The van der Waals surface area contributed by atoms with Crippen molar-refractivity contribution in [2.75, 3.05) is 0 Å². The highest BCUT2D eigenvalue weighted by atomic mass is 16.5. The topological polar surface area (TPSA) is 75.1 Å². The first-order chi connectivity index (χ1) is 5.65. The maximum Gasteiger partial charge on any atom is 0.276 e. The minimum atomic E-state index is -0.564. The predicted octanol–water partition coefficient (Wildman–Crippen LogP) is 0.212. The summed E-state index contributed by atoms with van der Waals surface area (Å²) in [5.41, 5.74) is 3.01. The van der Waals surface area contributed by atoms with Gasteiger partial charge in [0, 0.05) is 0 Å². The number of hydroxylamine groups is 1. The molecule has 64 valence electrons. The molecule has 0 unspecified atom stereocenters. The summed E-state index contributed by atoms with van der Waals surface area (Å²) in [6.07, 6.45) is 0. The van der Waals surface area contributed by atoms with E-state index in [1.807, 2.05) is 0 Å². The van der Waals surface area contributed by atoms with E-state index in [4.69, 9.17) is 5.21 Å². The van der Waals surface area contributed by atoms with Crippen LogP contribution in [0.3, 0.4) is 0 Å². The van der Waals surface area contributed by atoms with E-state index < -0.39 is 5.91 Å². The Labute approximate surface area is 69.4 Å². The smallest absolute Gasteiger partial charge is 0.276 e. The van der Waals surface area contributed by atoms with Crippen LogP contribution in [-0.2, 0) is 0 Å². The Morgan fingerprint density at radius 1 is 1.50 bits per heavy atom. The van der Waals surface area contributed by atoms with E-state index in [0.717, 1.165) is 0 Å². The lowest BCUT2D eigenvalue weighted by Gasteiger charge is -2.01. The van der Waals surface area contributed by atoms with Crippen molar-refractivity contribution in [2.24, 2.45) is 0 Å². The number of carbonyl (C=O) groups excluding carboxylic acids is 1. The third-order valence-corrected chi connectivity index (χ3v) is 1.45. The van der Waals surface area contributed by atoms with Gasteiger partial charge in [-0.2, -0.15) is 10.2 Å². The summed E-state index contributed by atoms with van der Waals surface area (Å²) in [4.78, 5) is 11.0. The zero-order chi connectivity index (χ0) is 9.14. The Bertz CT molecular complexity index is 312. The lowest BCUT2D eigenvalue weighted by Crippen LogP contribution is -2.20. The summed E-state index contributed by atoms with van der Waals surface area (Å²) >= 11 is 0. The van der Waals surface area contributed by atoms with Crippen LogP contribution in [0.5, 0.6) is 0 Å². The van der Waals surface area contributed by atoms with Crippen molar-refractivity contribution in [2.45, 2.75) is 13.8 Å². The molecule has 1 rings (SSSR count). The van der Waals surface area contributed by atoms with Crippen molar-refractivity contribution in [3.8, 4) is 0 Å². The molecule has 5 heteroatoms. The molecule has 0 bridgehead atoms. The fraction of sp³-hybridized carbons (Fsp3) is 0.286. The van der Waals surface area contributed by atoms with Crippen LogP contribution in [0.25, 0.3) is 0 Å². The van der Waals surface area contributed by atoms with Crippen molar-refractivity contribution >= 4 is 5.91 Å². The fourth-order valence-electron chi connectivity index (χ4n) is 0.840. The average Bonchev–Trinajstić information content (AvgIpc) is 2.08. The van der Waals surface area contributed by atoms with Gasteiger partial charge in [-0.3, -0.25) is 10.0 Å². The summed E-state index contributed by atoms with van der Waals surface area (Å²) < 4.78 is 0. The summed E-state index contributed by atoms with van der Waals surface area (Å²) in [7, 11) is 0.